The molecule has 20 heavy (non-hydrogen) atoms. The number of carbonyl (C=O) groups excluding carboxylic acids is 1. The number of nitrogens with one attached hydrogen (secondary N) is 1. The van der Waals surface area contributed by atoms with Crippen molar-refractivity contribution in [3.05, 3.63) is 23.8 Å². The van der Waals surface area contributed by atoms with Crippen LogP contribution in [0.1, 0.15) is 36.0 Å². The third-order valence-electron chi connectivity index (χ3n) is 3.88. The summed E-state index contributed by atoms with van der Waals surface area (Å²) in [5.41, 5.74) is 0.700. The number of rotatable bonds is 6. The van der Waals surface area contributed by atoms with Crippen molar-refractivity contribution in [1.29, 1.82) is 0 Å². The molecule has 0 saturated carbocycles. The fourth-order valence-corrected chi connectivity index (χ4v) is 2.66. The summed E-state index contributed by atoms with van der Waals surface area (Å²) in [6.45, 7) is 2.15. The summed E-state index contributed by atoms with van der Waals surface area (Å²) in [6.07, 6.45) is 4.00. The van der Waals surface area contributed by atoms with Gasteiger partial charge in [0.2, 0.25) is 0 Å². The standard InChI is InChI=1S/C16H23NO3/c1-19-15-8-6-13(10-16(15)20-2)14(18)7-5-12-4-3-9-17-11-12/h6,8,10,12,17H,3-5,7,9,11H2,1-2H3. The van der Waals surface area contributed by atoms with Gasteiger partial charge >= 0.3 is 0 Å². The summed E-state index contributed by atoms with van der Waals surface area (Å²) in [4.78, 5) is 12.2. The Morgan fingerprint density at radius 2 is 2.10 bits per heavy atom. The van der Waals surface area contributed by atoms with Crippen LogP contribution in [-0.2, 0) is 0 Å². The van der Waals surface area contributed by atoms with Crippen LogP contribution in [0, 0.1) is 5.92 Å². The molecule has 1 unspecified atom stereocenters. The molecule has 1 fully saturated rings. The molecular formula is C16H23NO3. The highest BCUT2D eigenvalue weighted by atomic mass is 16.5. The smallest absolute Gasteiger partial charge is 0.163 e. The lowest BCUT2D eigenvalue weighted by atomic mass is 9.92. The first-order chi connectivity index (χ1) is 9.74. The summed E-state index contributed by atoms with van der Waals surface area (Å²) in [6, 6.07) is 5.36. The number of piperidine rings is 1. The van der Waals surface area contributed by atoms with Crippen LogP contribution in [0.2, 0.25) is 0 Å². The fourth-order valence-electron chi connectivity index (χ4n) is 2.66. The van der Waals surface area contributed by atoms with Crippen LogP contribution in [0.25, 0.3) is 0 Å². The van der Waals surface area contributed by atoms with E-state index in [0.29, 0.717) is 29.4 Å². The van der Waals surface area contributed by atoms with E-state index < -0.39 is 0 Å². The molecule has 4 heteroatoms. The number of carbonyl (C=O) groups is 1. The third-order valence-corrected chi connectivity index (χ3v) is 3.88. The van der Waals surface area contributed by atoms with Gasteiger partial charge in [-0.25, -0.2) is 0 Å². The topological polar surface area (TPSA) is 47.6 Å². The number of hydrogen-bond acceptors (Lipinski definition) is 4. The first kappa shape index (κ1) is 14.9. The third kappa shape index (κ3) is 3.73. The van der Waals surface area contributed by atoms with Crippen molar-refractivity contribution in [2.45, 2.75) is 25.7 Å². The van der Waals surface area contributed by atoms with E-state index in [0.717, 1.165) is 19.5 Å². The molecule has 1 atom stereocenters. The Balaban J connectivity index is 1.94. The van der Waals surface area contributed by atoms with E-state index in [2.05, 4.69) is 5.32 Å². The lowest BCUT2D eigenvalue weighted by Crippen LogP contribution is -2.30. The van der Waals surface area contributed by atoms with E-state index in [1.165, 1.54) is 12.8 Å². The molecule has 0 radical (unpaired) electrons. The van der Waals surface area contributed by atoms with Crippen LogP contribution in [0.4, 0.5) is 0 Å². The Bertz CT molecular complexity index is 453. The molecule has 1 saturated heterocycles. The summed E-state index contributed by atoms with van der Waals surface area (Å²) in [5, 5.41) is 3.38. The van der Waals surface area contributed by atoms with E-state index in [1.54, 1.807) is 26.4 Å². The van der Waals surface area contributed by atoms with Crippen molar-refractivity contribution < 1.29 is 14.3 Å². The minimum absolute atomic E-state index is 0.177. The predicted molar refractivity (Wildman–Crippen MR) is 78.7 cm³/mol. The van der Waals surface area contributed by atoms with E-state index >= 15 is 0 Å². The molecule has 0 bridgehead atoms. The molecule has 0 aromatic heterocycles. The van der Waals surface area contributed by atoms with Gasteiger partial charge in [-0.2, -0.15) is 0 Å². The molecule has 1 aromatic carbocycles. The van der Waals surface area contributed by atoms with Crippen LogP contribution in [0.5, 0.6) is 11.5 Å². The fraction of sp³-hybridized carbons (Fsp3) is 0.562. The highest BCUT2D eigenvalue weighted by Gasteiger charge is 2.16. The molecule has 0 spiro atoms. The molecule has 2 rings (SSSR count). The Kier molecular flexibility index (Phi) is 5.41. The van der Waals surface area contributed by atoms with Gasteiger partial charge in [-0.15, -0.1) is 0 Å². The van der Waals surface area contributed by atoms with Gasteiger partial charge in [0.25, 0.3) is 0 Å². The van der Waals surface area contributed by atoms with Crippen molar-refractivity contribution in [2.75, 3.05) is 27.3 Å². The second-order valence-corrected chi connectivity index (χ2v) is 5.24. The number of Topliss-reactive ketones (excluding diaryl/α,β-unsaturated/α-hetero) is 1. The maximum atomic E-state index is 12.2. The summed E-state index contributed by atoms with van der Waals surface area (Å²) in [5.74, 6) is 2.07. The maximum Gasteiger partial charge on any atom is 0.163 e. The van der Waals surface area contributed by atoms with Gasteiger partial charge in [-0.05, 0) is 56.5 Å². The number of hydrogen-bond donors (Lipinski definition) is 1. The average Bonchev–Trinajstić information content (AvgIpc) is 2.52. The summed E-state index contributed by atoms with van der Waals surface area (Å²) >= 11 is 0. The van der Waals surface area contributed by atoms with Gasteiger partial charge in [-0.3, -0.25) is 4.79 Å². The quantitative estimate of drug-likeness (QED) is 0.812. The molecule has 1 aliphatic heterocycles. The highest BCUT2D eigenvalue weighted by molar-refractivity contribution is 5.96. The van der Waals surface area contributed by atoms with Gasteiger partial charge in [0.1, 0.15) is 0 Å². The van der Waals surface area contributed by atoms with Crippen LogP contribution in [-0.4, -0.2) is 33.1 Å². The summed E-state index contributed by atoms with van der Waals surface area (Å²) in [7, 11) is 3.18. The van der Waals surface area contributed by atoms with Crippen molar-refractivity contribution in [2.24, 2.45) is 5.92 Å². The van der Waals surface area contributed by atoms with Crippen molar-refractivity contribution in [3.8, 4) is 11.5 Å². The normalized spacial score (nSPS) is 18.6. The molecule has 1 N–H and O–H groups in total. The van der Waals surface area contributed by atoms with Crippen LogP contribution in [0.3, 0.4) is 0 Å². The van der Waals surface area contributed by atoms with E-state index in [9.17, 15) is 4.79 Å². The first-order valence-corrected chi connectivity index (χ1v) is 7.20. The van der Waals surface area contributed by atoms with Gasteiger partial charge in [0.15, 0.2) is 17.3 Å². The molecule has 4 nitrogen and oxygen atoms in total. The predicted octanol–water partition coefficient (Wildman–Crippen LogP) is 2.67. The minimum atomic E-state index is 0.177. The number of ether oxygens (including phenoxy) is 2. The van der Waals surface area contributed by atoms with Gasteiger partial charge in [0.05, 0.1) is 14.2 Å². The Morgan fingerprint density at radius 1 is 1.30 bits per heavy atom. The molecule has 0 aliphatic carbocycles. The van der Waals surface area contributed by atoms with Gasteiger partial charge < -0.3 is 14.8 Å². The highest BCUT2D eigenvalue weighted by Crippen LogP contribution is 2.28. The zero-order valence-corrected chi connectivity index (χ0v) is 12.3. The molecule has 1 heterocycles. The van der Waals surface area contributed by atoms with Crippen LogP contribution >= 0.6 is 0 Å². The largest absolute Gasteiger partial charge is 0.493 e. The van der Waals surface area contributed by atoms with Gasteiger partial charge in [0, 0.05) is 12.0 Å². The molecular weight excluding hydrogens is 254 g/mol. The second kappa shape index (κ2) is 7.29. The Morgan fingerprint density at radius 3 is 2.75 bits per heavy atom. The first-order valence-electron chi connectivity index (χ1n) is 7.20. The van der Waals surface area contributed by atoms with Crippen molar-refractivity contribution in [3.63, 3.8) is 0 Å². The van der Waals surface area contributed by atoms with Crippen molar-refractivity contribution in [1.82, 2.24) is 5.32 Å². The second-order valence-electron chi connectivity index (χ2n) is 5.24. The Hall–Kier alpha value is -1.55. The SMILES string of the molecule is COc1ccc(C(=O)CCC2CCCNC2)cc1OC. The number of methoxy groups -OCH3 is 2. The lowest BCUT2D eigenvalue weighted by molar-refractivity contribution is 0.0971. The minimum Gasteiger partial charge on any atom is -0.493 e. The van der Waals surface area contributed by atoms with Gasteiger partial charge in [-0.1, -0.05) is 0 Å². The number of ketones is 1. The Labute approximate surface area is 120 Å². The molecule has 110 valence electrons. The molecule has 1 aromatic rings. The van der Waals surface area contributed by atoms with Crippen molar-refractivity contribution >= 4 is 5.78 Å². The van der Waals surface area contributed by atoms with E-state index in [1.807, 2.05) is 6.07 Å². The zero-order valence-electron chi connectivity index (χ0n) is 12.3. The average molecular weight is 277 g/mol. The van der Waals surface area contributed by atoms with Crippen LogP contribution < -0.4 is 14.8 Å². The molecule has 1 aliphatic rings. The lowest BCUT2D eigenvalue weighted by Gasteiger charge is -2.22. The molecule has 0 amide bonds. The maximum absolute atomic E-state index is 12.2. The zero-order chi connectivity index (χ0) is 14.4. The number of benzene rings is 1. The summed E-state index contributed by atoms with van der Waals surface area (Å²) < 4.78 is 10.4. The monoisotopic (exact) mass is 277 g/mol. The van der Waals surface area contributed by atoms with Crippen LogP contribution in [0.15, 0.2) is 18.2 Å². The van der Waals surface area contributed by atoms with E-state index in [4.69, 9.17) is 9.47 Å². The van der Waals surface area contributed by atoms with E-state index in [-0.39, 0.29) is 5.78 Å².